The van der Waals surface area contributed by atoms with Crippen molar-refractivity contribution in [1.82, 2.24) is 15.1 Å². The van der Waals surface area contributed by atoms with Crippen molar-refractivity contribution in [2.75, 3.05) is 58.2 Å². The molecule has 1 amide bonds. The van der Waals surface area contributed by atoms with Crippen LogP contribution < -0.4 is 10.6 Å². The van der Waals surface area contributed by atoms with E-state index in [0.717, 1.165) is 49.4 Å². The molecule has 1 fully saturated rings. The molecule has 0 spiro atoms. The number of hydrogen-bond acceptors (Lipinski definition) is 4. The number of carbonyl (C=O) groups excluding carboxylic acids is 1. The number of benzene rings is 1. The Morgan fingerprint density at radius 1 is 1.38 bits per heavy atom. The van der Waals surface area contributed by atoms with E-state index in [2.05, 4.69) is 36.4 Å². The van der Waals surface area contributed by atoms with Gasteiger partial charge >= 0.3 is 0 Å². The van der Waals surface area contributed by atoms with Crippen LogP contribution in [0.4, 0.5) is 5.69 Å². The Balaban J connectivity index is 1.70. The van der Waals surface area contributed by atoms with Crippen molar-refractivity contribution < 1.29 is 4.79 Å². The molecule has 2 rings (SSSR count). The molecule has 2 N–H and O–H groups in total. The molecule has 1 saturated heterocycles. The van der Waals surface area contributed by atoms with Gasteiger partial charge in [-0.15, -0.1) is 0 Å². The van der Waals surface area contributed by atoms with E-state index in [1.54, 1.807) is 0 Å². The Morgan fingerprint density at radius 2 is 2.10 bits per heavy atom. The summed E-state index contributed by atoms with van der Waals surface area (Å²) in [6.45, 7) is 6.64. The summed E-state index contributed by atoms with van der Waals surface area (Å²) in [6.07, 6.45) is 0. The van der Waals surface area contributed by atoms with Crippen molar-refractivity contribution in [2.24, 2.45) is 0 Å². The van der Waals surface area contributed by atoms with Gasteiger partial charge in [0.1, 0.15) is 0 Å². The number of amides is 1. The summed E-state index contributed by atoms with van der Waals surface area (Å²) in [4.78, 5) is 16.5. The molecular weight excluding hydrogens is 332 g/mol. The van der Waals surface area contributed by atoms with E-state index in [1.807, 2.05) is 31.3 Å². The van der Waals surface area contributed by atoms with Gasteiger partial charge in [-0.2, -0.15) is 0 Å². The third-order valence-corrected chi connectivity index (χ3v) is 4.26. The molecule has 0 aromatic heterocycles. The summed E-state index contributed by atoms with van der Waals surface area (Å²) in [7, 11) is 1.99. The molecule has 0 saturated carbocycles. The molecule has 5 nitrogen and oxygen atoms in total. The monoisotopic (exact) mass is 354 g/mol. The first-order valence-electron chi connectivity index (χ1n) is 7.31. The molecule has 21 heavy (non-hydrogen) atoms. The van der Waals surface area contributed by atoms with Crippen molar-refractivity contribution in [2.45, 2.75) is 0 Å². The van der Waals surface area contributed by atoms with Crippen LogP contribution in [0.3, 0.4) is 0 Å². The quantitative estimate of drug-likeness (QED) is 0.806. The van der Waals surface area contributed by atoms with E-state index in [1.165, 1.54) is 0 Å². The number of carbonyl (C=O) groups is 1. The Bertz CT molecular complexity index is 463. The summed E-state index contributed by atoms with van der Waals surface area (Å²) in [6, 6.07) is 7.65. The molecule has 1 aliphatic heterocycles. The van der Waals surface area contributed by atoms with Crippen molar-refractivity contribution in [3.05, 3.63) is 28.7 Å². The Kier molecular flexibility index (Phi) is 6.63. The predicted octanol–water partition coefficient (Wildman–Crippen LogP) is 1.22. The first-order chi connectivity index (χ1) is 10.1. The van der Waals surface area contributed by atoms with E-state index >= 15 is 0 Å². The third-order valence-electron chi connectivity index (χ3n) is 3.57. The van der Waals surface area contributed by atoms with E-state index in [4.69, 9.17) is 0 Å². The number of para-hydroxylation sites is 1. The Morgan fingerprint density at radius 3 is 2.81 bits per heavy atom. The molecule has 1 heterocycles. The molecule has 1 aromatic rings. The van der Waals surface area contributed by atoms with Crippen molar-refractivity contribution in [3.63, 3.8) is 0 Å². The molecule has 1 aliphatic rings. The number of nitrogens with zero attached hydrogens (tertiary/aromatic N) is 2. The van der Waals surface area contributed by atoms with E-state index < -0.39 is 0 Å². The smallest absolute Gasteiger partial charge is 0.238 e. The summed E-state index contributed by atoms with van der Waals surface area (Å²) in [5, 5.41) is 6.27. The van der Waals surface area contributed by atoms with Gasteiger partial charge in [0.25, 0.3) is 0 Å². The zero-order valence-electron chi connectivity index (χ0n) is 12.4. The molecule has 1 aromatic carbocycles. The molecule has 0 atom stereocenters. The third kappa shape index (κ3) is 5.74. The highest BCUT2D eigenvalue weighted by atomic mass is 79.9. The second kappa shape index (κ2) is 8.48. The van der Waals surface area contributed by atoms with Gasteiger partial charge in [0.15, 0.2) is 0 Å². The highest BCUT2D eigenvalue weighted by Gasteiger charge is 2.12. The lowest BCUT2D eigenvalue weighted by atomic mass is 10.3. The fourth-order valence-electron chi connectivity index (χ4n) is 2.32. The molecule has 6 heteroatoms. The second-order valence-corrected chi connectivity index (χ2v) is 6.21. The van der Waals surface area contributed by atoms with Gasteiger partial charge in [0.2, 0.25) is 5.91 Å². The number of rotatable bonds is 6. The van der Waals surface area contributed by atoms with Crippen LogP contribution in [0.2, 0.25) is 0 Å². The van der Waals surface area contributed by atoms with E-state index in [0.29, 0.717) is 6.54 Å². The lowest BCUT2D eigenvalue weighted by Gasteiger charge is -2.28. The molecule has 0 unspecified atom stereocenters. The lowest BCUT2D eigenvalue weighted by Crippen LogP contribution is -2.46. The summed E-state index contributed by atoms with van der Waals surface area (Å²) >= 11 is 3.43. The van der Waals surface area contributed by atoms with Crippen LogP contribution in [0.25, 0.3) is 0 Å². The fourth-order valence-corrected chi connectivity index (χ4v) is 2.71. The van der Waals surface area contributed by atoms with Crippen LogP contribution in [0.1, 0.15) is 0 Å². The van der Waals surface area contributed by atoms with Crippen molar-refractivity contribution in [3.8, 4) is 0 Å². The minimum atomic E-state index is 0.0183. The van der Waals surface area contributed by atoms with Gasteiger partial charge in [0.05, 0.1) is 12.2 Å². The molecule has 0 aliphatic carbocycles. The van der Waals surface area contributed by atoms with Gasteiger partial charge in [0, 0.05) is 43.7 Å². The highest BCUT2D eigenvalue weighted by Crippen LogP contribution is 2.20. The molecular formula is C15H23BrN4O. The average molecular weight is 355 g/mol. The topological polar surface area (TPSA) is 47.6 Å². The zero-order valence-corrected chi connectivity index (χ0v) is 14.0. The Hall–Kier alpha value is -0.950. The van der Waals surface area contributed by atoms with Gasteiger partial charge < -0.3 is 10.6 Å². The minimum absolute atomic E-state index is 0.0183. The number of hydrogen-bond donors (Lipinski definition) is 2. The minimum Gasteiger partial charge on any atom is -0.324 e. The number of likely N-dealkylation sites (N-methyl/N-ethyl adjacent to an activating group) is 1. The van der Waals surface area contributed by atoms with E-state index in [9.17, 15) is 4.79 Å². The van der Waals surface area contributed by atoms with Gasteiger partial charge in [-0.25, -0.2) is 0 Å². The maximum absolute atomic E-state index is 12.0. The number of nitrogens with one attached hydrogen (secondary N) is 2. The first-order valence-corrected chi connectivity index (χ1v) is 8.10. The normalized spacial score (nSPS) is 16.1. The molecule has 116 valence electrons. The van der Waals surface area contributed by atoms with Crippen LogP contribution in [0, 0.1) is 0 Å². The van der Waals surface area contributed by atoms with Gasteiger partial charge in [-0.3, -0.25) is 14.6 Å². The molecule has 0 bridgehead atoms. The number of anilines is 1. The standard InChI is InChI=1S/C15H23BrN4O/c1-19(10-11-20-8-6-17-7-9-20)12-15(21)18-14-5-3-2-4-13(14)16/h2-5,17H,6-12H2,1H3,(H,18,21). The van der Waals surface area contributed by atoms with Crippen molar-refractivity contribution in [1.29, 1.82) is 0 Å². The second-order valence-electron chi connectivity index (χ2n) is 5.36. The van der Waals surface area contributed by atoms with Crippen LogP contribution in [0.15, 0.2) is 28.7 Å². The van der Waals surface area contributed by atoms with Crippen LogP contribution in [-0.2, 0) is 4.79 Å². The van der Waals surface area contributed by atoms with Gasteiger partial charge in [-0.1, -0.05) is 12.1 Å². The highest BCUT2D eigenvalue weighted by molar-refractivity contribution is 9.10. The lowest BCUT2D eigenvalue weighted by molar-refractivity contribution is -0.117. The summed E-state index contributed by atoms with van der Waals surface area (Å²) < 4.78 is 0.904. The number of halogens is 1. The molecule has 0 radical (unpaired) electrons. The predicted molar refractivity (Wildman–Crippen MR) is 89.6 cm³/mol. The first kappa shape index (κ1) is 16.4. The fraction of sp³-hybridized carbons (Fsp3) is 0.533. The van der Waals surface area contributed by atoms with Crippen LogP contribution >= 0.6 is 15.9 Å². The van der Waals surface area contributed by atoms with Crippen LogP contribution in [0.5, 0.6) is 0 Å². The SMILES string of the molecule is CN(CCN1CCNCC1)CC(=O)Nc1ccccc1Br. The van der Waals surface area contributed by atoms with Crippen molar-refractivity contribution >= 4 is 27.5 Å². The summed E-state index contributed by atoms with van der Waals surface area (Å²) in [5.41, 5.74) is 0.818. The maximum atomic E-state index is 12.0. The maximum Gasteiger partial charge on any atom is 0.238 e. The summed E-state index contributed by atoms with van der Waals surface area (Å²) in [5.74, 6) is 0.0183. The Labute approximate surface area is 134 Å². The zero-order chi connectivity index (χ0) is 15.1. The van der Waals surface area contributed by atoms with E-state index in [-0.39, 0.29) is 5.91 Å². The average Bonchev–Trinajstić information content (AvgIpc) is 2.48. The van der Waals surface area contributed by atoms with Crippen LogP contribution in [-0.4, -0.2) is 68.6 Å². The number of piperazine rings is 1. The largest absolute Gasteiger partial charge is 0.324 e. The van der Waals surface area contributed by atoms with Gasteiger partial charge in [-0.05, 0) is 35.1 Å².